The highest BCUT2D eigenvalue weighted by molar-refractivity contribution is 5.94. The molecule has 2 aromatic rings. The first-order valence-corrected chi connectivity index (χ1v) is 7.75. The van der Waals surface area contributed by atoms with Crippen molar-refractivity contribution in [2.45, 2.75) is 13.3 Å². The van der Waals surface area contributed by atoms with Crippen LogP contribution < -0.4 is 10.2 Å². The minimum Gasteiger partial charge on any atom is -0.326 e. The molecule has 0 aliphatic heterocycles. The predicted octanol–water partition coefficient (Wildman–Crippen LogP) is 2.67. The summed E-state index contributed by atoms with van der Waals surface area (Å²) in [4.78, 5) is 45.3. The quantitative estimate of drug-likeness (QED) is 0.611. The van der Waals surface area contributed by atoms with Gasteiger partial charge in [-0.15, -0.1) is 0 Å². The summed E-state index contributed by atoms with van der Waals surface area (Å²) in [5.41, 5.74) is 0.252. The molecule has 0 radical (unpaired) electrons. The smallest absolute Gasteiger partial charge is 0.279 e. The Morgan fingerprint density at radius 2 is 1.67 bits per heavy atom. The molecule has 27 heavy (non-hydrogen) atoms. The monoisotopic (exact) mass is 372 g/mol. The van der Waals surface area contributed by atoms with Crippen LogP contribution in [0.15, 0.2) is 42.5 Å². The number of rotatable bonds is 6. The first-order chi connectivity index (χ1) is 12.7. The van der Waals surface area contributed by atoms with Crippen LogP contribution in [0.2, 0.25) is 0 Å². The van der Waals surface area contributed by atoms with Crippen LogP contribution in [0.1, 0.15) is 12.5 Å². The molecule has 0 unspecified atom stereocenters. The molecule has 0 saturated heterocycles. The summed E-state index contributed by atoms with van der Waals surface area (Å²) in [7, 11) is 1.61. The lowest BCUT2D eigenvalue weighted by Gasteiger charge is -2.15. The van der Waals surface area contributed by atoms with E-state index in [1.165, 1.54) is 17.9 Å². The van der Waals surface area contributed by atoms with Crippen molar-refractivity contribution in [1.29, 1.82) is 0 Å². The maximum Gasteiger partial charge on any atom is 0.279 e. The number of non-ortho nitro benzene ring substituents is 1. The maximum atomic E-state index is 12.2. The predicted molar refractivity (Wildman–Crippen MR) is 97.6 cm³/mol. The summed E-state index contributed by atoms with van der Waals surface area (Å²) < 4.78 is 0. The van der Waals surface area contributed by atoms with Crippen LogP contribution in [0.25, 0.3) is 0 Å². The van der Waals surface area contributed by atoms with E-state index in [-0.39, 0.29) is 17.9 Å². The zero-order chi connectivity index (χ0) is 20.1. The number of nitrogens with one attached hydrogen (secondary N) is 1. The Kier molecular flexibility index (Phi) is 5.81. The van der Waals surface area contributed by atoms with Crippen LogP contribution in [0, 0.1) is 20.2 Å². The summed E-state index contributed by atoms with van der Waals surface area (Å²) in [6.45, 7) is 1.42. The molecule has 1 N–H and O–H groups in total. The molecule has 10 heteroatoms. The van der Waals surface area contributed by atoms with Gasteiger partial charge in [0, 0.05) is 37.0 Å². The van der Waals surface area contributed by atoms with Gasteiger partial charge in [0.2, 0.25) is 11.8 Å². The highest BCUT2D eigenvalue weighted by Crippen LogP contribution is 2.25. The Bertz CT molecular complexity index is 910. The van der Waals surface area contributed by atoms with E-state index in [9.17, 15) is 29.8 Å². The van der Waals surface area contributed by atoms with Crippen LogP contribution in [-0.2, 0) is 16.0 Å². The summed E-state index contributed by atoms with van der Waals surface area (Å²) in [6, 6.07) is 9.61. The molecule has 0 fully saturated rings. The number of carbonyl (C=O) groups is 2. The van der Waals surface area contributed by atoms with Crippen LogP contribution in [0.4, 0.5) is 22.7 Å². The largest absolute Gasteiger partial charge is 0.326 e. The first-order valence-electron chi connectivity index (χ1n) is 7.75. The zero-order valence-corrected chi connectivity index (χ0v) is 14.5. The molecule has 2 aromatic carbocycles. The SMILES string of the molecule is CC(=O)N(C)c1ccc(NC(=O)Cc2ccc([N+](=O)[O-])cc2[N+](=O)[O-])cc1. The van der Waals surface area contributed by atoms with Crippen molar-refractivity contribution in [3.8, 4) is 0 Å². The third-order valence-electron chi connectivity index (χ3n) is 3.84. The van der Waals surface area contributed by atoms with Crippen LogP contribution in [0.5, 0.6) is 0 Å². The molecule has 0 saturated carbocycles. The highest BCUT2D eigenvalue weighted by atomic mass is 16.6. The van der Waals surface area contributed by atoms with E-state index >= 15 is 0 Å². The number of amides is 2. The second-order valence-corrected chi connectivity index (χ2v) is 5.68. The van der Waals surface area contributed by atoms with Crippen molar-refractivity contribution in [1.82, 2.24) is 0 Å². The lowest BCUT2D eigenvalue weighted by atomic mass is 10.1. The molecule has 2 rings (SSSR count). The van der Waals surface area contributed by atoms with Crippen molar-refractivity contribution in [2.75, 3.05) is 17.3 Å². The van der Waals surface area contributed by atoms with Gasteiger partial charge >= 0.3 is 0 Å². The van der Waals surface area contributed by atoms with Gasteiger partial charge in [-0.25, -0.2) is 0 Å². The number of nitro groups is 2. The summed E-state index contributed by atoms with van der Waals surface area (Å²) >= 11 is 0. The van der Waals surface area contributed by atoms with Crippen LogP contribution in [0.3, 0.4) is 0 Å². The van der Waals surface area contributed by atoms with E-state index in [1.54, 1.807) is 31.3 Å². The van der Waals surface area contributed by atoms with Gasteiger partial charge in [-0.05, 0) is 30.3 Å². The van der Waals surface area contributed by atoms with Crippen molar-refractivity contribution in [3.05, 3.63) is 68.3 Å². The maximum absolute atomic E-state index is 12.2. The Morgan fingerprint density at radius 1 is 1.04 bits per heavy atom. The minimum absolute atomic E-state index is 0.0658. The zero-order valence-electron chi connectivity index (χ0n) is 14.5. The Labute approximate surface area is 153 Å². The molecule has 0 bridgehead atoms. The van der Waals surface area contributed by atoms with Gasteiger partial charge in [0.05, 0.1) is 22.3 Å². The molecule has 140 valence electrons. The normalized spacial score (nSPS) is 10.1. The number of hydrogen-bond acceptors (Lipinski definition) is 6. The molecular formula is C17H16N4O6. The van der Waals surface area contributed by atoms with Gasteiger partial charge in [0.25, 0.3) is 11.4 Å². The first kappa shape index (κ1) is 19.5. The standard InChI is InChI=1S/C17H16N4O6/c1-11(22)19(2)14-7-4-13(5-8-14)18-17(23)9-12-3-6-15(20(24)25)10-16(12)21(26)27/h3-8,10H,9H2,1-2H3,(H,18,23). The minimum atomic E-state index is -0.762. The van der Waals surface area contributed by atoms with Gasteiger partial charge in [0.1, 0.15) is 0 Å². The molecule has 0 aliphatic rings. The molecule has 0 spiro atoms. The lowest BCUT2D eigenvalue weighted by molar-refractivity contribution is -0.394. The Morgan fingerprint density at radius 3 is 2.19 bits per heavy atom. The van der Waals surface area contributed by atoms with Gasteiger partial charge in [-0.2, -0.15) is 0 Å². The molecular weight excluding hydrogens is 356 g/mol. The summed E-state index contributed by atoms with van der Waals surface area (Å²) in [6.07, 6.45) is -0.316. The van der Waals surface area contributed by atoms with Crippen molar-refractivity contribution in [2.24, 2.45) is 0 Å². The lowest BCUT2D eigenvalue weighted by Crippen LogP contribution is -2.22. The molecule has 0 atom stereocenters. The van der Waals surface area contributed by atoms with E-state index < -0.39 is 27.1 Å². The van der Waals surface area contributed by atoms with Crippen LogP contribution >= 0.6 is 0 Å². The van der Waals surface area contributed by atoms with E-state index in [2.05, 4.69) is 5.32 Å². The third kappa shape index (κ3) is 4.84. The molecule has 0 heterocycles. The highest BCUT2D eigenvalue weighted by Gasteiger charge is 2.21. The van der Waals surface area contributed by atoms with E-state index in [4.69, 9.17) is 0 Å². The van der Waals surface area contributed by atoms with Gasteiger partial charge in [0.15, 0.2) is 0 Å². The molecule has 0 aliphatic carbocycles. The molecule has 0 aromatic heterocycles. The third-order valence-corrected chi connectivity index (χ3v) is 3.84. The van der Waals surface area contributed by atoms with Gasteiger partial charge in [-0.1, -0.05) is 0 Å². The second-order valence-electron chi connectivity index (χ2n) is 5.68. The fourth-order valence-corrected chi connectivity index (χ4v) is 2.31. The summed E-state index contributed by atoms with van der Waals surface area (Å²) in [5.74, 6) is -0.656. The van der Waals surface area contributed by atoms with Gasteiger partial charge in [-0.3, -0.25) is 29.8 Å². The number of anilines is 2. The van der Waals surface area contributed by atoms with Crippen LogP contribution in [-0.4, -0.2) is 28.7 Å². The fraction of sp³-hybridized carbons (Fsp3) is 0.176. The van der Waals surface area contributed by atoms with E-state index in [1.807, 2.05) is 0 Å². The number of benzene rings is 2. The number of carbonyl (C=O) groups excluding carboxylic acids is 2. The second kappa shape index (κ2) is 8.04. The Balaban J connectivity index is 2.13. The topological polar surface area (TPSA) is 136 Å². The molecule has 2 amide bonds. The molecule has 10 nitrogen and oxygen atoms in total. The van der Waals surface area contributed by atoms with Crippen molar-refractivity contribution >= 4 is 34.6 Å². The fourth-order valence-electron chi connectivity index (χ4n) is 2.31. The average Bonchev–Trinajstić information content (AvgIpc) is 2.61. The van der Waals surface area contributed by atoms with E-state index in [0.29, 0.717) is 11.4 Å². The van der Waals surface area contributed by atoms with Gasteiger partial charge < -0.3 is 10.2 Å². The average molecular weight is 372 g/mol. The van der Waals surface area contributed by atoms with E-state index in [0.717, 1.165) is 12.1 Å². The van der Waals surface area contributed by atoms with Crippen molar-refractivity contribution in [3.63, 3.8) is 0 Å². The number of nitrogens with zero attached hydrogens (tertiary/aromatic N) is 3. The number of hydrogen-bond donors (Lipinski definition) is 1. The Hall–Kier alpha value is -3.82. The van der Waals surface area contributed by atoms with Crippen molar-refractivity contribution < 1.29 is 19.4 Å². The summed E-state index contributed by atoms with van der Waals surface area (Å²) in [5, 5.41) is 24.4. The number of nitro benzene ring substituents is 2.